The topological polar surface area (TPSA) is 52.1 Å². The number of fused-ring (bicyclic) bond motifs is 1. The summed E-state index contributed by atoms with van der Waals surface area (Å²) in [5.41, 5.74) is 2.01. The van der Waals surface area contributed by atoms with Crippen molar-refractivity contribution in [3.05, 3.63) is 36.3 Å². The largest absolute Gasteiger partial charge is 0.468 e. The number of benzene rings is 1. The van der Waals surface area contributed by atoms with E-state index in [1.165, 1.54) is 6.33 Å². The quantitative estimate of drug-likeness (QED) is 0.554. The van der Waals surface area contributed by atoms with Crippen LogP contribution in [0.25, 0.3) is 10.9 Å². The molecule has 1 aromatic carbocycles. The summed E-state index contributed by atoms with van der Waals surface area (Å²) in [7, 11) is 0. The molecule has 0 fully saturated rings. The molecule has 0 saturated heterocycles. The second-order valence-corrected chi connectivity index (χ2v) is 3.13. The van der Waals surface area contributed by atoms with E-state index >= 15 is 0 Å². The van der Waals surface area contributed by atoms with Crippen molar-refractivity contribution < 1.29 is 9.53 Å². The molecule has 76 valence electrons. The summed E-state index contributed by atoms with van der Waals surface area (Å²) in [6.45, 7) is 0.864. The molecule has 0 aliphatic rings. The normalized spacial score (nSPS) is 10.1. The first-order chi connectivity index (χ1) is 7.40. The highest BCUT2D eigenvalue weighted by atomic mass is 16.5. The lowest BCUT2D eigenvalue weighted by Crippen LogP contribution is -1.96. The highest BCUT2D eigenvalue weighted by Crippen LogP contribution is 2.12. The highest BCUT2D eigenvalue weighted by Gasteiger charge is 1.97. The SMILES string of the molecule is O=COCCc1ccc2cncnc2c1. The lowest BCUT2D eigenvalue weighted by atomic mass is 10.1. The van der Waals surface area contributed by atoms with Crippen LogP contribution in [0.4, 0.5) is 0 Å². The van der Waals surface area contributed by atoms with E-state index < -0.39 is 0 Å². The molecule has 4 nitrogen and oxygen atoms in total. The summed E-state index contributed by atoms with van der Waals surface area (Å²) in [6.07, 6.45) is 4.00. The van der Waals surface area contributed by atoms with Crippen LogP contribution in [-0.4, -0.2) is 23.0 Å². The van der Waals surface area contributed by atoms with Crippen LogP contribution >= 0.6 is 0 Å². The molecule has 0 N–H and O–H groups in total. The molecule has 0 saturated carbocycles. The number of hydrogen-bond donors (Lipinski definition) is 0. The minimum atomic E-state index is 0.403. The average molecular weight is 202 g/mol. The van der Waals surface area contributed by atoms with Gasteiger partial charge in [0.15, 0.2) is 0 Å². The van der Waals surface area contributed by atoms with Crippen molar-refractivity contribution in [1.29, 1.82) is 0 Å². The van der Waals surface area contributed by atoms with Gasteiger partial charge in [0.05, 0.1) is 12.1 Å². The smallest absolute Gasteiger partial charge is 0.293 e. The van der Waals surface area contributed by atoms with E-state index in [2.05, 4.69) is 14.7 Å². The Kier molecular flexibility index (Phi) is 2.88. The number of carbonyl (C=O) groups excluding carboxylic acids is 1. The molecule has 2 rings (SSSR count). The molecule has 0 spiro atoms. The van der Waals surface area contributed by atoms with Gasteiger partial charge in [-0.05, 0) is 11.6 Å². The van der Waals surface area contributed by atoms with Crippen LogP contribution in [-0.2, 0) is 16.0 Å². The molecular formula is C11H10N2O2. The number of ether oxygens (including phenoxy) is 1. The van der Waals surface area contributed by atoms with Crippen LogP contribution in [0.15, 0.2) is 30.7 Å². The second kappa shape index (κ2) is 4.50. The Labute approximate surface area is 86.9 Å². The van der Waals surface area contributed by atoms with Gasteiger partial charge >= 0.3 is 0 Å². The van der Waals surface area contributed by atoms with Gasteiger partial charge in [-0.25, -0.2) is 9.97 Å². The molecule has 0 unspecified atom stereocenters. The number of nitrogens with zero attached hydrogens (tertiary/aromatic N) is 2. The van der Waals surface area contributed by atoms with E-state index in [0.717, 1.165) is 16.5 Å². The highest BCUT2D eigenvalue weighted by molar-refractivity contribution is 5.77. The molecule has 0 radical (unpaired) electrons. The zero-order chi connectivity index (χ0) is 10.5. The third-order valence-corrected chi connectivity index (χ3v) is 2.15. The summed E-state index contributed by atoms with van der Waals surface area (Å²) in [5.74, 6) is 0. The van der Waals surface area contributed by atoms with Crippen molar-refractivity contribution in [2.24, 2.45) is 0 Å². The standard InChI is InChI=1S/C11H10N2O2/c14-8-15-4-3-9-1-2-10-6-12-7-13-11(10)5-9/h1-2,5-8H,3-4H2. The monoisotopic (exact) mass is 202 g/mol. The maximum Gasteiger partial charge on any atom is 0.293 e. The van der Waals surface area contributed by atoms with E-state index in [0.29, 0.717) is 19.5 Å². The van der Waals surface area contributed by atoms with Crippen LogP contribution < -0.4 is 0 Å². The summed E-state index contributed by atoms with van der Waals surface area (Å²) in [4.78, 5) is 18.0. The Bertz CT molecular complexity index is 471. The first kappa shape index (κ1) is 9.58. The molecule has 1 aromatic heterocycles. The second-order valence-electron chi connectivity index (χ2n) is 3.13. The summed E-state index contributed by atoms with van der Waals surface area (Å²) in [5, 5.41) is 1.01. The Morgan fingerprint density at radius 2 is 2.33 bits per heavy atom. The molecule has 0 aliphatic carbocycles. The van der Waals surface area contributed by atoms with Crippen molar-refractivity contribution in [1.82, 2.24) is 9.97 Å². The summed E-state index contributed by atoms with van der Waals surface area (Å²) in [6, 6.07) is 5.93. The molecule has 15 heavy (non-hydrogen) atoms. The van der Waals surface area contributed by atoms with Crippen LogP contribution in [0.1, 0.15) is 5.56 Å². The van der Waals surface area contributed by atoms with Gasteiger partial charge in [-0.3, -0.25) is 4.79 Å². The maximum absolute atomic E-state index is 9.96. The summed E-state index contributed by atoms with van der Waals surface area (Å²) < 4.78 is 4.64. The minimum Gasteiger partial charge on any atom is -0.468 e. The van der Waals surface area contributed by atoms with Gasteiger partial charge in [0.1, 0.15) is 6.33 Å². The van der Waals surface area contributed by atoms with E-state index in [1.807, 2.05) is 18.2 Å². The van der Waals surface area contributed by atoms with E-state index in [9.17, 15) is 4.79 Å². The van der Waals surface area contributed by atoms with E-state index in [-0.39, 0.29) is 0 Å². The van der Waals surface area contributed by atoms with Gasteiger partial charge in [0, 0.05) is 18.0 Å². The fraction of sp³-hybridized carbons (Fsp3) is 0.182. The molecule has 0 aliphatic heterocycles. The minimum absolute atomic E-state index is 0.403. The van der Waals surface area contributed by atoms with Gasteiger partial charge in [0.2, 0.25) is 0 Å². The number of hydrogen-bond acceptors (Lipinski definition) is 4. The summed E-state index contributed by atoms with van der Waals surface area (Å²) >= 11 is 0. The molecular weight excluding hydrogens is 192 g/mol. The van der Waals surface area contributed by atoms with Crippen LogP contribution in [0, 0.1) is 0 Å². The molecule has 4 heteroatoms. The van der Waals surface area contributed by atoms with Gasteiger partial charge in [-0.1, -0.05) is 12.1 Å². The number of rotatable bonds is 4. The van der Waals surface area contributed by atoms with Crippen LogP contribution in [0.3, 0.4) is 0 Å². The Morgan fingerprint density at radius 3 is 3.20 bits per heavy atom. The fourth-order valence-electron chi connectivity index (χ4n) is 1.40. The number of aromatic nitrogens is 2. The van der Waals surface area contributed by atoms with Crippen molar-refractivity contribution >= 4 is 17.4 Å². The first-order valence-electron chi connectivity index (χ1n) is 4.64. The Balaban J connectivity index is 2.19. The van der Waals surface area contributed by atoms with Gasteiger partial charge < -0.3 is 4.74 Å². The van der Waals surface area contributed by atoms with Crippen LogP contribution in [0.5, 0.6) is 0 Å². The fourth-order valence-corrected chi connectivity index (χ4v) is 1.40. The molecule has 1 heterocycles. The average Bonchev–Trinajstić information content (AvgIpc) is 2.29. The predicted molar refractivity (Wildman–Crippen MR) is 55.3 cm³/mol. The lowest BCUT2D eigenvalue weighted by Gasteiger charge is -2.01. The van der Waals surface area contributed by atoms with Crippen molar-refractivity contribution in [2.75, 3.05) is 6.61 Å². The maximum atomic E-state index is 9.96. The zero-order valence-corrected chi connectivity index (χ0v) is 8.09. The van der Waals surface area contributed by atoms with E-state index in [4.69, 9.17) is 0 Å². The van der Waals surface area contributed by atoms with Crippen molar-refractivity contribution in [3.63, 3.8) is 0 Å². The van der Waals surface area contributed by atoms with Crippen molar-refractivity contribution in [3.8, 4) is 0 Å². The molecule has 0 amide bonds. The molecule has 0 atom stereocenters. The van der Waals surface area contributed by atoms with Gasteiger partial charge in [-0.15, -0.1) is 0 Å². The first-order valence-corrected chi connectivity index (χ1v) is 4.64. The molecule has 2 aromatic rings. The predicted octanol–water partition coefficient (Wildman–Crippen LogP) is 1.35. The third kappa shape index (κ3) is 2.28. The lowest BCUT2D eigenvalue weighted by molar-refractivity contribution is -0.128. The zero-order valence-electron chi connectivity index (χ0n) is 8.09. The Hall–Kier alpha value is -1.97. The van der Waals surface area contributed by atoms with Crippen molar-refractivity contribution in [2.45, 2.75) is 6.42 Å². The number of carbonyl (C=O) groups is 1. The molecule has 0 bridgehead atoms. The Morgan fingerprint density at radius 1 is 1.40 bits per heavy atom. The van der Waals surface area contributed by atoms with Gasteiger partial charge in [-0.2, -0.15) is 0 Å². The van der Waals surface area contributed by atoms with Crippen LogP contribution in [0.2, 0.25) is 0 Å². The van der Waals surface area contributed by atoms with Gasteiger partial charge in [0.25, 0.3) is 6.47 Å². The van der Waals surface area contributed by atoms with E-state index in [1.54, 1.807) is 6.20 Å². The third-order valence-electron chi connectivity index (χ3n) is 2.15.